The summed E-state index contributed by atoms with van der Waals surface area (Å²) in [4.78, 5) is 27.6. The van der Waals surface area contributed by atoms with Crippen molar-refractivity contribution in [3.8, 4) is 11.5 Å². The normalized spacial score (nSPS) is 18.1. The molecule has 0 saturated heterocycles. The second-order valence-corrected chi connectivity index (χ2v) is 6.86. The van der Waals surface area contributed by atoms with Gasteiger partial charge in [-0.2, -0.15) is 0 Å². The molecule has 0 aromatic heterocycles. The third-order valence-corrected chi connectivity index (χ3v) is 5.10. The summed E-state index contributed by atoms with van der Waals surface area (Å²) in [7, 11) is 3.00. The fourth-order valence-electron chi connectivity index (χ4n) is 3.56. The highest BCUT2D eigenvalue weighted by Gasteiger charge is 2.50. The van der Waals surface area contributed by atoms with E-state index in [9.17, 15) is 14.7 Å². The summed E-state index contributed by atoms with van der Waals surface area (Å²) in [5, 5.41) is 11.3. The van der Waals surface area contributed by atoms with Crippen LogP contribution in [0.4, 0.5) is 5.69 Å². The average molecular weight is 383 g/mol. The number of fused-ring (bicyclic) bond motifs is 1. The molecule has 1 atom stereocenters. The van der Waals surface area contributed by atoms with Gasteiger partial charge in [-0.25, -0.2) is 0 Å². The van der Waals surface area contributed by atoms with Crippen LogP contribution in [0.2, 0.25) is 0 Å². The number of anilines is 1. The lowest BCUT2D eigenvalue weighted by molar-refractivity contribution is -0.135. The number of ether oxygens (including phenoxy) is 2. The van der Waals surface area contributed by atoms with Crippen LogP contribution >= 0.6 is 0 Å². The molecule has 3 rings (SSSR count). The molecule has 1 aliphatic heterocycles. The molecule has 0 fully saturated rings. The molecule has 28 heavy (non-hydrogen) atoms. The number of para-hydroxylation sites is 1. The number of aliphatic hydroxyl groups is 1. The fraction of sp³-hybridized carbons (Fsp3) is 0.364. The van der Waals surface area contributed by atoms with Gasteiger partial charge >= 0.3 is 0 Å². The predicted octanol–water partition coefficient (Wildman–Crippen LogP) is 3.31. The standard InChI is InChI=1S/C22H25NO5/c1-4-5-12-23-17-9-7-6-8-16(17)22(26,21(23)25)14-18(24)15-10-11-19(27-2)20(13-15)28-3/h6-11,13,26H,4-5,12,14H2,1-3H3. The SMILES string of the molecule is CCCCN1C(=O)C(O)(CC(=O)c2ccc(OC)c(OC)c2)c2ccccc21. The van der Waals surface area contributed by atoms with Crippen molar-refractivity contribution in [2.45, 2.75) is 31.8 Å². The first-order valence-electron chi connectivity index (χ1n) is 9.35. The Morgan fingerprint density at radius 2 is 1.82 bits per heavy atom. The van der Waals surface area contributed by atoms with E-state index in [4.69, 9.17) is 9.47 Å². The molecule has 0 radical (unpaired) electrons. The Morgan fingerprint density at radius 1 is 1.11 bits per heavy atom. The zero-order chi connectivity index (χ0) is 20.3. The van der Waals surface area contributed by atoms with Crippen molar-refractivity contribution in [3.05, 3.63) is 53.6 Å². The van der Waals surface area contributed by atoms with E-state index in [2.05, 4.69) is 0 Å². The largest absolute Gasteiger partial charge is 0.493 e. The molecule has 2 aromatic rings. The summed E-state index contributed by atoms with van der Waals surface area (Å²) in [5.41, 5.74) is -0.369. The molecule has 2 aromatic carbocycles. The van der Waals surface area contributed by atoms with Gasteiger partial charge in [0.25, 0.3) is 5.91 Å². The Labute approximate surface area is 164 Å². The van der Waals surface area contributed by atoms with Crippen LogP contribution in [0, 0.1) is 0 Å². The van der Waals surface area contributed by atoms with Crippen LogP contribution in [0.15, 0.2) is 42.5 Å². The molecule has 1 heterocycles. The lowest BCUT2D eigenvalue weighted by atomic mass is 9.88. The maximum atomic E-state index is 13.1. The van der Waals surface area contributed by atoms with Gasteiger partial charge in [-0.1, -0.05) is 31.5 Å². The van der Waals surface area contributed by atoms with Gasteiger partial charge in [0, 0.05) is 17.7 Å². The van der Waals surface area contributed by atoms with Crippen molar-refractivity contribution < 1.29 is 24.2 Å². The third-order valence-electron chi connectivity index (χ3n) is 5.10. The molecule has 0 saturated carbocycles. The average Bonchev–Trinajstić information content (AvgIpc) is 2.93. The van der Waals surface area contributed by atoms with Gasteiger partial charge in [0.2, 0.25) is 0 Å². The minimum Gasteiger partial charge on any atom is -0.493 e. The molecular formula is C22H25NO5. The van der Waals surface area contributed by atoms with Gasteiger partial charge in [0.15, 0.2) is 22.9 Å². The van der Waals surface area contributed by atoms with Crippen molar-refractivity contribution in [1.82, 2.24) is 0 Å². The van der Waals surface area contributed by atoms with Crippen LogP contribution in [-0.4, -0.2) is 37.6 Å². The number of carbonyl (C=O) groups excluding carboxylic acids is 2. The van der Waals surface area contributed by atoms with Crippen LogP contribution in [0.1, 0.15) is 42.1 Å². The molecule has 0 spiro atoms. The summed E-state index contributed by atoms with van der Waals surface area (Å²) >= 11 is 0. The molecule has 1 unspecified atom stereocenters. The predicted molar refractivity (Wildman–Crippen MR) is 106 cm³/mol. The molecule has 1 amide bonds. The molecule has 1 N–H and O–H groups in total. The molecule has 0 aliphatic carbocycles. The van der Waals surface area contributed by atoms with Crippen molar-refractivity contribution in [3.63, 3.8) is 0 Å². The van der Waals surface area contributed by atoms with Crippen LogP contribution in [0.5, 0.6) is 11.5 Å². The van der Waals surface area contributed by atoms with E-state index in [1.807, 2.05) is 19.1 Å². The Morgan fingerprint density at radius 3 is 2.50 bits per heavy atom. The monoisotopic (exact) mass is 383 g/mol. The quantitative estimate of drug-likeness (QED) is 0.708. The molecule has 1 aliphatic rings. The van der Waals surface area contributed by atoms with Gasteiger partial charge in [-0.15, -0.1) is 0 Å². The van der Waals surface area contributed by atoms with Crippen LogP contribution < -0.4 is 14.4 Å². The highest BCUT2D eigenvalue weighted by molar-refractivity contribution is 6.10. The van der Waals surface area contributed by atoms with E-state index < -0.39 is 11.5 Å². The Kier molecular flexibility index (Phi) is 5.70. The highest BCUT2D eigenvalue weighted by atomic mass is 16.5. The number of carbonyl (C=O) groups is 2. The minimum atomic E-state index is -1.87. The number of hydrogen-bond acceptors (Lipinski definition) is 5. The number of hydrogen-bond donors (Lipinski definition) is 1. The first kappa shape index (κ1) is 19.9. The maximum Gasteiger partial charge on any atom is 0.264 e. The van der Waals surface area contributed by atoms with E-state index in [1.165, 1.54) is 14.2 Å². The molecular weight excluding hydrogens is 358 g/mol. The summed E-state index contributed by atoms with van der Waals surface area (Å²) in [6.45, 7) is 2.55. The lowest BCUT2D eigenvalue weighted by Crippen LogP contribution is -2.42. The Hall–Kier alpha value is -2.86. The Balaban J connectivity index is 1.92. The van der Waals surface area contributed by atoms with Crippen molar-refractivity contribution in [2.24, 2.45) is 0 Å². The lowest BCUT2D eigenvalue weighted by Gasteiger charge is -2.23. The van der Waals surface area contributed by atoms with E-state index >= 15 is 0 Å². The summed E-state index contributed by atoms with van der Waals surface area (Å²) in [6.07, 6.45) is 1.41. The second-order valence-electron chi connectivity index (χ2n) is 6.86. The van der Waals surface area contributed by atoms with Gasteiger partial charge in [-0.05, 0) is 30.7 Å². The number of rotatable bonds is 8. The van der Waals surface area contributed by atoms with Crippen molar-refractivity contribution >= 4 is 17.4 Å². The summed E-state index contributed by atoms with van der Waals surface area (Å²) < 4.78 is 10.4. The first-order chi connectivity index (χ1) is 13.5. The smallest absolute Gasteiger partial charge is 0.264 e. The number of benzene rings is 2. The van der Waals surface area contributed by atoms with Crippen LogP contribution in [0.3, 0.4) is 0 Å². The topological polar surface area (TPSA) is 76.1 Å². The molecule has 148 valence electrons. The first-order valence-corrected chi connectivity index (χ1v) is 9.35. The number of unbranched alkanes of at least 4 members (excludes halogenated alkanes) is 1. The van der Waals surface area contributed by atoms with Crippen LogP contribution in [0.25, 0.3) is 0 Å². The van der Waals surface area contributed by atoms with E-state index in [0.29, 0.717) is 34.9 Å². The molecule has 6 heteroatoms. The van der Waals surface area contributed by atoms with Crippen molar-refractivity contribution in [2.75, 3.05) is 25.7 Å². The van der Waals surface area contributed by atoms with Crippen LogP contribution in [-0.2, 0) is 10.4 Å². The van der Waals surface area contributed by atoms with Crippen molar-refractivity contribution in [1.29, 1.82) is 0 Å². The summed E-state index contributed by atoms with van der Waals surface area (Å²) in [5.74, 6) is 0.133. The number of ketones is 1. The van der Waals surface area contributed by atoms with E-state index in [0.717, 1.165) is 12.8 Å². The number of nitrogens with zero attached hydrogens (tertiary/aromatic N) is 1. The number of Topliss-reactive ketones (excluding diaryl/α,β-unsaturated/α-hetero) is 1. The van der Waals surface area contributed by atoms with Gasteiger partial charge in [0.05, 0.1) is 26.3 Å². The zero-order valence-corrected chi connectivity index (χ0v) is 16.4. The Bertz CT molecular complexity index is 894. The maximum absolute atomic E-state index is 13.1. The number of amides is 1. The third kappa shape index (κ3) is 3.36. The van der Waals surface area contributed by atoms with Gasteiger partial charge in [-0.3, -0.25) is 9.59 Å². The molecule has 6 nitrogen and oxygen atoms in total. The van der Waals surface area contributed by atoms with Gasteiger partial charge < -0.3 is 19.5 Å². The second kappa shape index (κ2) is 8.02. The molecule has 0 bridgehead atoms. The highest BCUT2D eigenvalue weighted by Crippen LogP contribution is 2.43. The van der Waals surface area contributed by atoms with E-state index in [-0.39, 0.29) is 12.2 Å². The van der Waals surface area contributed by atoms with Gasteiger partial charge in [0.1, 0.15) is 0 Å². The van der Waals surface area contributed by atoms with E-state index in [1.54, 1.807) is 35.2 Å². The number of methoxy groups -OCH3 is 2. The zero-order valence-electron chi connectivity index (χ0n) is 16.4. The minimum absolute atomic E-state index is 0.332. The fourth-order valence-corrected chi connectivity index (χ4v) is 3.56. The summed E-state index contributed by atoms with van der Waals surface area (Å²) in [6, 6.07) is 11.9.